The third kappa shape index (κ3) is 3.67. The number of nitrogens with two attached hydrogens (primary N) is 1. The van der Waals surface area contributed by atoms with Crippen molar-refractivity contribution in [2.45, 2.75) is 13.3 Å². The van der Waals surface area contributed by atoms with Crippen LogP contribution in [0.5, 0.6) is 0 Å². The molecule has 1 heterocycles. The van der Waals surface area contributed by atoms with Gasteiger partial charge in [0.1, 0.15) is 0 Å². The van der Waals surface area contributed by atoms with Crippen molar-refractivity contribution in [1.29, 1.82) is 5.26 Å². The summed E-state index contributed by atoms with van der Waals surface area (Å²) in [5.41, 5.74) is 6.96. The number of nitriles is 1. The highest BCUT2D eigenvalue weighted by molar-refractivity contribution is 5.93. The Morgan fingerprint density at radius 1 is 1.48 bits per heavy atom. The van der Waals surface area contributed by atoms with Gasteiger partial charge in [-0.3, -0.25) is 9.78 Å². The summed E-state index contributed by atoms with van der Waals surface area (Å²) in [6, 6.07) is 11.2. The molecule has 2 rings (SSSR count). The normalized spacial score (nSPS) is 11.0. The molecule has 1 aromatic heterocycles. The number of aryl methyl sites for hydroxylation is 1. The second kappa shape index (κ2) is 6.34. The van der Waals surface area contributed by atoms with Crippen LogP contribution in [0.4, 0.5) is 11.6 Å². The summed E-state index contributed by atoms with van der Waals surface area (Å²) in [7, 11) is 0. The van der Waals surface area contributed by atoms with Crippen LogP contribution in [0, 0.1) is 18.3 Å². The number of aromatic nitrogens is 2. The molecule has 0 aliphatic heterocycles. The van der Waals surface area contributed by atoms with Crippen LogP contribution in [0.25, 0.3) is 0 Å². The molecule has 0 spiro atoms. The molecule has 0 atom stereocenters. The topological polar surface area (TPSA) is 120 Å². The molecule has 0 saturated carbocycles. The molecule has 0 bridgehead atoms. The highest BCUT2D eigenvalue weighted by atomic mass is 16.1. The average molecular weight is 282 g/mol. The second-order valence-electron chi connectivity index (χ2n) is 4.28. The van der Waals surface area contributed by atoms with Crippen LogP contribution in [0.1, 0.15) is 11.3 Å². The molecule has 21 heavy (non-hydrogen) atoms. The van der Waals surface area contributed by atoms with E-state index in [0.717, 1.165) is 5.69 Å². The maximum atomic E-state index is 11.8. The van der Waals surface area contributed by atoms with E-state index < -0.39 is 0 Å². The number of anilines is 1. The lowest BCUT2D eigenvalue weighted by molar-refractivity contribution is 0.987. The molecule has 4 N–H and O–H groups in total. The number of benzene rings is 1. The van der Waals surface area contributed by atoms with E-state index in [1.165, 1.54) is 0 Å². The average Bonchev–Trinajstić information content (AvgIpc) is 2.44. The molecule has 0 fully saturated rings. The number of hydrogen-bond acceptors (Lipinski definition) is 4. The standard InChI is InChI=1S/C14H14N6O/c1-9-11(7-8-15)12(21)19-14(17-9)20-13(16)18-10-5-3-2-4-6-10/h2-6H,7H2,1H3,(H4,16,17,18,19,20,21). The van der Waals surface area contributed by atoms with Crippen LogP contribution in [-0.4, -0.2) is 15.9 Å². The number of H-pyrrole nitrogens is 1. The number of aromatic amines is 1. The molecule has 0 aliphatic rings. The van der Waals surface area contributed by atoms with Gasteiger partial charge in [0, 0.05) is 5.69 Å². The van der Waals surface area contributed by atoms with E-state index in [0.29, 0.717) is 11.3 Å². The monoisotopic (exact) mass is 282 g/mol. The number of hydrogen-bond donors (Lipinski definition) is 3. The Hall–Kier alpha value is -3.14. The first-order valence-corrected chi connectivity index (χ1v) is 6.23. The van der Waals surface area contributed by atoms with Gasteiger partial charge in [-0.25, -0.2) is 4.98 Å². The number of guanidine groups is 1. The number of nitrogens with one attached hydrogen (secondary N) is 2. The van der Waals surface area contributed by atoms with Crippen molar-refractivity contribution >= 4 is 17.6 Å². The molecule has 0 radical (unpaired) electrons. The molecule has 7 nitrogen and oxygen atoms in total. The molecule has 7 heteroatoms. The van der Waals surface area contributed by atoms with Crippen molar-refractivity contribution in [2.75, 3.05) is 5.32 Å². The molecule has 2 aromatic rings. The molecule has 0 aliphatic carbocycles. The second-order valence-corrected chi connectivity index (χ2v) is 4.28. The minimum Gasteiger partial charge on any atom is -0.369 e. The Bertz CT molecular complexity index is 757. The lowest BCUT2D eigenvalue weighted by Crippen LogP contribution is -2.23. The van der Waals surface area contributed by atoms with E-state index in [-0.39, 0.29) is 23.9 Å². The summed E-state index contributed by atoms with van der Waals surface area (Å²) in [6.07, 6.45) is 0.00983. The zero-order valence-electron chi connectivity index (χ0n) is 11.4. The molecule has 1 aromatic carbocycles. The Morgan fingerprint density at radius 2 is 2.19 bits per heavy atom. The van der Waals surface area contributed by atoms with Gasteiger partial charge >= 0.3 is 0 Å². The SMILES string of the molecule is Cc1nc(/N=C(/N)Nc2ccccc2)[nH]c(=O)c1CC#N. The lowest BCUT2D eigenvalue weighted by atomic mass is 10.2. The third-order valence-corrected chi connectivity index (χ3v) is 2.74. The fourth-order valence-corrected chi connectivity index (χ4v) is 1.75. The van der Waals surface area contributed by atoms with Crippen LogP contribution >= 0.6 is 0 Å². The smallest absolute Gasteiger partial charge is 0.256 e. The van der Waals surface area contributed by atoms with Gasteiger partial charge in [-0.05, 0) is 19.1 Å². The largest absolute Gasteiger partial charge is 0.369 e. The fourth-order valence-electron chi connectivity index (χ4n) is 1.75. The van der Waals surface area contributed by atoms with E-state index in [1.54, 1.807) is 6.92 Å². The van der Waals surface area contributed by atoms with Crippen LogP contribution in [0.15, 0.2) is 40.1 Å². The van der Waals surface area contributed by atoms with Crippen molar-refractivity contribution < 1.29 is 0 Å². The maximum Gasteiger partial charge on any atom is 0.256 e. The van der Waals surface area contributed by atoms with Gasteiger partial charge in [-0.15, -0.1) is 0 Å². The quantitative estimate of drug-likeness (QED) is 0.577. The predicted octanol–water partition coefficient (Wildman–Crippen LogP) is 1.20. The lowest BCUT2D eigenvalue weighted by Gasteiger charge is -2.05. The van der Waals surface area contributed by atoms with E-state index in [9.17, 15) is 4.79 Å². The van der Waals surface area contributed by atoms with Crippen LogP contribution in [0.3, 0.4) is 0 Å². The van der Waals surface area contributed by atoms with E-state index >= 15 is 0 Å². The molecular weight excluding hydrogens is 268 g/mol. The number of rotatable bonds is 3. The van der Waals surface area contributed by atoms with Crippen molar-refractivity contribution in [3.05, 3.63) is 51.9 Å². The first kappa shape index (κ1) is 14.3. The Kier molecular flexibility index (Phi) is 4.31. The van der Waals surface area contributed by atoms with Gasteiger partial charge < -0.3 is 11.1 Å². The van der Waals surface area contributed by atoms with Crippen LogP contribution < -0.4 is 16.6 Å². The Labute approximate surface area is 121 Å². The van der Waals surface area contributed by atoms with Crippen molar-refractivity contribution in [1.82, 2.24) is 9.97 Å². The van der Waals surface area contributed by atoms with Gasteiger partial charge in [0.25, 0.3) is 5.56 Å². The van der Waals surface area contributed by atoms with Gasteiger partial charge in [-0.1, -0.05) is 18.2 Å². The summed E-state index contributed by atoms with van der Waals surface area (Å²) in [6.45, 7) is 1.65. The van der Waals surface area contributed by atoms with Gasteiger partial charge in [-0.2, -0.15) is 10.3 Å². The van der Waals surface area contributed by atoms with E-state index in [4.69, 9.17) is 11.0 Å². The summed E-state index contributed by atoms with van der Waals surface area (Å²) in [4.78, 5) is 22.4. The minimum atomic E-state index is -0.379. The van der Waals surface area contributed by atoms with Gasteiger partial charge in [0.05, 0.1) is 23.7 Å². The zero-order valence-corrected chi connectivity index (χ0v) is 11.4. The molecular formula is C14H14N6O. The predicted molar refractivity (Wildman–Crippen MR) is 80.3 cm³/mol. The minimum absolute atomic E-state index is 0.00983. The molecule has 106 valence electrons. The summed E-state index contributed by atoms with van der Waals surface area (Å²) in [5.74, 6) is 0.205. The molecule has 0 saturated heterocycles. The molecule has 0 amide bonds. The number of para-hydroxylation sites is 1. The zero-order chi connectivity index (χ0) is 15.2. The first-order chi connectivity index (χ1) is 10.1. The van der Waals surface area contributed by atoms with Crippen molar-refractivity contribution in [3.63, 3.8) is 0 Å². The summed E-state index contributed by atoms with van der Waals surface area (Å²) in [5, 5.41) is 11.5. The van der Waals surface area contributed by atoms with Gasteiger partial charge in [0.2, 0.25) is 11.9 Å². The maximum absolute atomic E-state index is 11.8. The van der Waals surface area contributed by atoms with Gasteiger partial charge in [0.15, 0.2) is 0 Å². The highest BCUT2D eigenvalue weighted by Crippen LogP contribution is 2.08. The number of nitrogens with zero attached hydrogens (tertiary/aromatic N) is 3. The summed E-state index contributed by atoms with van der Waals surface area (Å²) >= 11 is 0. The van der Waals surface area contributed by atoms with Crippen molar-refractivity contribution in [2.24, 2.45) is 10.7 Å². The summed E-state index contributed by atoms with van der Waals surface area (Å²) < 4.78 is 0. The first-order valence-electron chi connectivity index (χ1n) is 6.23. The van der Waals surface area contributed by atoms with Crippen LogP contribution in [0.2, 0.25) is 0 Å². The van der Waals surface area contributed by atoms with E-state index in [2.05, 4.69) is 20.3 Å². The molecule has 0 unspecified atom stereocenters. The Morgan fingerprint density at radius 3 is 2.81 bits per heavy atom. The van der Waals surface area contributed by atoms with Crippen molar-refractivity contribution in [3.8, 4) is 6.07 Å². The third-order valence-electron chi connectivity index (χ3n) is 2.74. The Balaban J connectivity index is 2.25. The van der Waals surface area contributed by atoms with Crippen LogP contribution in [-0.2, 0) is 6.42 Å². The van der Waals surface area contributed by atoms with E-state index in [1.807, 2.05) is 36.4 Å². The highest BCUT2D eigenvalue weighted by Gasteiger charge is 2.07. The number of aliphatic imine (C=N–C) groups is 1. The fraction of sp³-hybridized carbons (Fsp3) is 0.143.